The van der Waals surface area contributed by atoms with Gasteiger partial charge in [0.25, 0.3) is 5.56 Å². The van der Waals surface area contributed by atoms with Crippen LogP contribution < -0.4 is 10.3 Å². The van der Waals surface area contributed by atoms with Gasteiger partial charge in [0.2, 0.25) is 5.88 Å². The summed E-state index contributed by atoms with van der Waals surface area (Å²) >= 11 is 8.09. The zero-order chi connectivity index (χ0) is 24.6. The Labute approximate surface area is 208 Å². The van der Waals surface area contributed by atoms with Crippen molar-refractivity contribution in [3.63, 3.8) is 0 Å². The second-order valence-corrected chi connectivity index (χ2v) is 10.2. The monoisotopic (exact) mass is 494 g/mol. The van der Waals surface area contributed by atoms with Crippen molar-refractivity contribution in [1.29, 1.82) is 0 Å². The summed E-state index contributed by atoms with van der Waals surface area (Å²) < 4.78 is 7.33. The number of aryl methyl sites for hydroxylation is 4. The quantitative estimate of drug-likeness (QED) is 0.313. The number of aromatic nitrogens is 4. The molecule has 4 aromatic rings. The Hall–Kier alpha value is -3.03. The van der Waals surface area contributed by atoms with Crippen LogP contribution in [0.4, 0.5) is 0 Å². The summed E-state index contributed by atoms with van der Waals surface area (Å²) in [6, 6.07) is 7.98. The van der Waals surface area contributed by atoms with Gasteiger partial charge in [-0.1, -0.05) is 37.6 Å². The number of ether oxygens (including phenoxy) is 1. The van der Waals surface area contributed by atoms with E-state index in [1.165, 1.54) is 9.44 Å². The van der Waals surface area contributed by atoms with Gasteiger partial charge in [-0.25, -0.2) is 9.97 Å². The smallest absolute Gasteiger partial charge is 0.280 e. The number of thiophene rings is 1. The molecule has 0 bridgehead atoms. The zero-order valence-electron chi connectivity index (χ0n) is 20.1. The highest BCUT2D eigenvalue weighted by Crippen LogP contribution is 2.28. The van der Waals surface area contributed by atoms with Crippen LogP contribution in [0.3, 0.4) is 0 Å². The van der Waals surface area contributed by atoms with Crippen molar-refractivity contribution in [1.82, 2.24) is 19.5 Å². The molecule has 6 nitrogen and oxygen atoms in total. The topological polar surface area (TPSA) is 69.9 Å². The zero-order valence-corrected chi connectivity index (χ0v) is 21.7. The summed E-state index contributed by atoms with van der Waals surface area (Å²) in [4.78, 5) is 28.3. The average Bonchev–Trinajstić information content (AvgIpc) is 3.22. The molecule has 0 saturated heterocycles. The van der Waals surface area contributed by atoms with Crippen LogP contribution in [0.15, 0.2) is 40.6 Å². The number of rotatable bonds is 6. The molecule has 8 heteroatoms. The molecule has 4 rings (SSSR count). The van der Waals surface area contributed by atoms with E-state index in [0.717, 1.165) is 33.8 Å². The van der Waals surface area contributed by atoms with Gasteiger partial charge in [0, 0.05) is 28.1 Å². The first-order chi connectivity index (χ1) is 16.2. The van der Waals surface area contributed by atoms with E-state index in [-0.39, 0.29) is 22.4 Å². The van der Waals surface area contributed by atoms with E-state index in [1.54, 1.807) is 18.3 Å². The van der Waals surface area contributed by atoms with Gasteiger partial charge in [-0.15, -0.1) is 11.3 Å². The van der Waals surface area contributed by atoms with Crippen LogP contribution >= 0.6 is 22.9 Å². The van der Waals surface area contributed by atoms with E-state index in [4.69, 9.17) is 21.3 Å². The molecule has 0 radical (unpaired) electrons. The average molecular weight is 495 g/mol. The first-order valence-corrected chi connectivity index (χ1v) is 12.3. The van der Waals surface area contributed by atoms with Crippen molar-refractivity contribution < 1.29 is 4.74 Å². The number of halogens is 1. The lowest BCUT2D eigenvalue weighted by Crippen LogP contribution is -2.24. The molecule has 0 spiro atoms. The minimum absolute atomic E-state index is 0.0392. The third kappa shape index (κ3) is 4.76. The molecule has 176 valence electrons. The molecule has 0 aliphatic heterocycles. The first-order valence-electron chi connectivity index (χ1n) is 11.1. The van der Waals surface area contributed by atoms with Gasteiger partial charge in [0.1, 0.15) is 18.3 Å². The Morgan fingerprint density at radius 3 is 2.53 bits per heavy atom. The Bertz CT molecular complexity index is 1430. The van der Waals surface area contributed by atoms with E-state index in [2.05, 4.69) is 23.8 Å². The highest BCUT2D eigenvalue weighted by atomic mass is 35.5. The standard InChI is InChI=1S/C26H27ClN4O2S/c1-14(2)24-28-11-16(4)23(30-24)20-8-7-15(3)21(10-20)31-18(6)29-25(22(27)26(31)32)33-12-19-9-17(5)34-13-19/h7-11,13-14H,12H2,1-6H3. The van der Waals surface area contributed by atoms with Crippen molar-refractivity contribution >= 4 is 22.9 Å². The van der Waals surface area contributed by atoms with Crippen LogP contribution in [0.5, 0.6) is 5.88 Å². The third-order valence-corrected chi connectivity index (χ3v) is 6.79. The predicted molar refractivity (Wildman–Crippen MR) is 138 cm³/mol. The lowest BCUT2D eigenvalue weighted by molar-refractivity contribution is 0.292. The van der Waals surface area contributed by atoms with Gasteiger partial charge < -0.3 is 4.74 Å². The second kappa shape index (κ2) is 9.68. The lowest BCUT2D eigenvalue weighted by Gasteiger charge is -2.16. The van der Waals surface area contributed by atoms with Crippen LogP contribution in [-0.4, -0.2) is 19.5 Å². The van der Waals surface area contributed by atoms with E-state index < -0.39 is 0 Å². The molecule has 0 fully saturated rings. The SMILES string of the molecule is Cc1cc(COc2nc(C)n(-c3cc(-c4nc(C(C)C)ncc4C)ccc3C)c(=O)c2Cl)cs1. The maximum atomic E-state index is 13.3. The fourth-order valence-electron chi connectivity index (χ4n) is 3.71. The third-order valence-electron chi connectivity index (χ3n) is 5.56. The molecule has 0 amide bonds. The maximum Gasteiger partial charge on any atom is 0.280 e. The predicted octanol–water partition coefficient (Wildman–Crippen LogP) is 6.34. The van der Waals surface area contributed by atoms with Gasteiger partial charge in [-0.3, -0.25) is 9.36 Å². The molecule has 3 aromatic heterocycles. The summed E-state index contributed by atoms with van der Waals surface area (Å²) in [5.41, 5.74) is 4.99. The molecule has 34 heavy (non-hydrogen) atoms. The number of hydrogen-bond donors (Lipinski definition) is 0. The van der Waals surface area contributed by atoms with Gasteiger partial charge in [0.15, 0.2) is 5.02 Å². The van der Waals surface area contributed by atoms with Gasteiger partial charge in [-0.05, 0) is 56.3 Å². The summed E-state index contributed by atoms with van der Waals surface area (Å²) in [7, 11) is 0. The van der Waals surface area contributed by atoms with Crippen molar-refractivity contribution in [2.24, 2.45) is 0 Å². The van der Waals surface area contributed by atoms with Crippen LogP contribution in [-0.2, 0) is 6.61 Å². The van der Waals surface area contributed by atoms with Gasteiger partial charge in [-0.2, -0.15) is 4.98 Å². The number of hydrogen-bond acceptors (Lipinski definition) is 6. The fraction of sp³-hybridized carbons (Fsp3) is 0.308. The molecule has 1 aromatic carbocycles. The van der Waals surface area contributed by atoms with Crippen LogP contribution in [0.25, 0.3) is 16.9 Å². The van der Waals surface area contributed by atoms with Crippen LogP contribution in [0.1, 0.15) is 53.0 Å². The fourth-order valence-corrected chi connectivity index (χ4v) is 4.58. The molecular weight excluding hydrogens is 468 g/mol. The Kier molecular flexibility index (Phi) is 6.86. The highest BCUT2D eigenvalue weighted by molar-refractivity contribution is 7.10. The Morgan fingerprint density at radius 1 is 1.09 bits per heavy atom. The van der Waals surface area contributed by atoms with E-state index >= 15 is 0 Å². The minimum Gasteiger partial charge on any atom is -0.472 e. The van der Waals surface area contributed by atoms with E-state index in [1.807, 2.05) is 56.6 Å². The molecule has 0 aliphatic carbocycles. The van der Waals surface area contributed by atoms with E-state index in [9.17, 15) is 4.79 Å². The van der Waals surface area contributed by atoms with Crippen molar-refractivity contribution in [3.05, 3.63) is 84.4 Å². The summed E-state index contributed by atoms with van der Waals surface area (Å²) in [5, 5.41) is 1.98. The van der Waals surface area contributed by atoms with Gasteiger partial charge >= 0.3 is 0 Å². The molecule has 0 N–H and O–H groups in total. The van der Waals surface area contributed by atoms with Crippen LogP contribution in [0.2, 0.25) is 5.02 Å². The maximum absolute atomic E-state index is 13.3. The Morgan fingerprint density at radius 2 is 1.85 bits per heavy atom. The largest absolute Gasteiger partial charge is 0.472 e. The summed E-state index contributed by atoms with van der Waals surface area (Å²) in [5.74, 6) is 1.63. The molecule has 0 atom stereocenters. The second-order valence-electron chi connectivity index (χ2n) is 8.69. The van der Waals surface area contributed by atoms with E-state index in [0.29, 0.717) is 18.1 Å². The van der Waals surface area contributed by atoms with Crippen molar-refractivity contribution in [2.75, 3.05) is 0 Å². The first kappa shape index (κ1) is 24.1. The number of nitrogens with zero attached hydrogens (tertiary/aromatic N) is 4. The Balaban J connectivity index is 1.76. The normalized spacial score (nSPS) is 11.3. The number of benzene rings is 1. The summed E-state index contributed by atoms with van der Waals surface area (Å²) in [6.45, 7) is 12.2. The summed E-state index contributed by atoms with van der Waals surface area (Å²) in [6.07, 6.45) is 1.84. The molecular formula is C26H27ClN4O2S. The molecule has 0 unspecified atom stereocenters. The molecule has 3 heterocycles. The molecule has 0 aliphatic rings. The van der Waals surface area contributed by atoms with Gasteiger partial charge in [0.05, 0.1) is 11.4 Å². The minimum atomic E-state index is -0.367. The highest BCUT2D eigenvalue weighted by Gasteiger charge is 2.18. The van der Waals surface area contributed by atoms with Crippen LogP contribution in [0, 0.1) is 27.7 Å². The van der Waals surface area contributed by atoms with Crippen molar-refractivity contribution in [2.45, 2.75) is 54.1 Å². The lowest BCUT2D eigenvalue weighted by atomic mass is 10.0. The molecule has 0 saturated carbocycles. The van der Waals surface area contributed by atoms with Crippen molar-refractivity contribution in [3.8, 4) is 22.8 Å².